The van der Waals surface area contributed by atoms with E-state index in [0.717, 1.165) is 5.56 Å². The summed E-state index contributed by atoms with van der Waals surface area (Å²) >= 11 is 11.9. The Morgan fingerprint density at radius 1 is 1.45 bits per heavy atom. The van der Waals surface area contributed by atoms with Crippen molar-refractivity contribution in [3.8, 4) is 0 Å². The summed E-state index contributed by atoms with van der Waals surface area (Å²) in [6, 6.07) is 5.43. The highest BCUT2D eigenvalue weighted by Crippen LogP contribution is 2.28. The molecule has 1 aromatic rings. The van der Waals surface area contributed by atoms with Gasteiger partial charge in [-0.2, -0.15) is 0 Å². The van der Waals surface area contributed by atoms with E-state index < -0.39 is 6.09 Å². The van der Waals surface area contributed by atoms with Gasteiger partial charge in [0.2, 0.25) is 0 Å². The molecule has 0 bridgehead atoms. The van der Waals surface area contributed by atoms with Crippen molar-refractivity contribution in [3.05, 3.63) is 33.8 Å². The van der Waals surface area contributed by atoms with Crippen LogP contribution in [0.3, 0.4) is 0 Å². The number of nitrogens with two attached hydrogens (primary N) is 1. The van der Waals surface area contributed by atoms with Crippen LogP contribution in [0.1, 0.15) is 11.5 Å². The smallest absolute Gasteiger partial charge is 0.411 e. The molecule has 2 N–H and O–H groups in total. The van der Waals surface area contributed by atoms with Gasteiger partial charge in [0, 0.05) is 19.0 Å². The number of halogens is 2. The van der Waals surface area contributed by atoms with Crippen molar-refractivity contribution < 1.29 is 14.3 Å². The van der Waals surface area contributed by atoms with Crippen LogP contribution in [0.25, 0.3) is 0 Å². The SMILES string of the molecule is NCOC(=O)N1CCOCC(c2ccc(Cl)c(Cl)c2)C1. The van der Waals surface area contributed by atoms with Gasteiger partial charge in [0.25, 0.3) is 0 Å². The van der Waals surface area contributed by atoms with Crippen LogP contribution in [0.2, 0.25) is 10.0 Å². The summed E-state index contributed by atoms with van der Waals surface area (Å²) in [5, 5.41) is 0.994. The van der Waals surface area contributed by atoms with Crippen LogP contribution in [0, 0.1) is 0 Å². The van der Waals surface area contributed by atoms with Crippen molar-refractivity contribution >= 4 is 29.3 Å². The van der Waals surface area contributed by atoms with E-state index in [-0.39, 0.29) is 12.6 Å². The lowest BCUT2D eigenvalue weighted by molar-refractivity contribution is 0.0990. The van der Waals surface area contributed by atoms with Gasteiger partial charge in [0.05, 0.1) is 23.3 Å². The third kappa shape index (κ3) is 3.76. The van der Waals surface area contributed by atoms with Crippen molar-refractivity contribution in [2.24, 2.45) is 5.73 Å². The van der Waals surface area contributed by atoms with Crippen molar-refractivity contribution in [2.75, 3.05) is 33.0 Å². The van der Waals surface area contributed by atoms with Crippen molar-refractivity contribution in [1.29, 1.82) is 0 Å². The Morgan fingerprint density at radius 2 is 2.25 bits per heavy atom. The summed E-state index contributed by atoms with van der Waals surface area (Å²) in [4.78, 5) is 13.4. The molecule has 20 heavy (non-hydrogen) atoms. The number of ether oxygens (including phenoxy) is 2. The van der Waals surface area contributed by atoms with E-state index in [0.29, 0.717) is 36.3 Å². The lowest BCUT2D eigenvalue weighted by Crippen LogP contribution is -2.36. The molecule has 1 atom stereocenters. The molecule has 0 radical (unpaired) electrons. The first-order valence-corrected chi connectivity index (χ1v) is 7.02. The van der Waals surface area contributed by atoms with Crippen molar-refractivity contribution in [3.63, 3.8) is 0 Å². The molecule has 2 rings (SSSR count). The van der Waals surface area contributed by atoms with Gasteiger partial charge in [-0.1, -0.05) is 29.3 Å². The Morgan fingerprint density at radius 3 is 2.95 bits per heavy atom. The number of carbonyl (C=O) groups excluding carboxylic acids is 1. The van der Waals surface area contributed by atoms with Crippen molar-refractivity contribution in [2.45, 2.75) is 5.92 Å². The lowest BCUT2D eigenvalue weighted by atomic mass is 10.00. The molecule has 1 unspecified atom stereocenters. The van der Waals surface area contributed by atoms with Crippen LogP contribution in [0.15, 0.2) is 18.2 Å². The summed E-state index contributed by atoms with van der Waals surface area (Å²) in [6.07, 6.45) is -0.428. The van der Waals surface area contributed by atoms with E-state index in [9.17, 15) is 4.79 Å². The maximum atomic E-state index is 11.8. The van der Waals surface area contributed by atoms with E-state index in [1.54, 1.807) is 17.0 Å². The summed E-state index contributed by atoms with van der Waals surface area (Å²) in [5.74, 6) is 0.0255. The minimum absolute atomic E-state index is 0.0255. The highest BCUT2D eigenvalue weighted by molar-refractivity contribution is 6.42. The second-order valence-corrected chi connectivity index (χ2v) is 5.28. The molecule has 1 aliphatic rings. The number of benzene rings is 1. The molecule has 1 fully saturated rings. The number of amides is 1. The molecule has 0 aromatic heterocycles. The Hall–Kier alpha value is -1.01. The van der Waals surface area contributed by atoms with Crippen LogP contribution >= 0.6 is 23.2 Å². The first kappa shape index (κ1) is 15.4. The zero-order valence-corrected chi connectivity index (χ0v) is 12.4. The van der Waals surface area contributed by atoms with E-state index in [2.05, 4.69) is 0 Å². The van der Waals surface area contributed by atoms with Gasteiger partial charge < -0.3 is 14.4 Å². The molecule has 0 aliphatic carbocycles. The average Bonchev–Trinajstić information content (AvgIpc) is 2.68. The van der Waals surface area contributed by atoms with Crippen LogP contribution in [-0.2, 0) is 9.47 Å². The number of hydrogen-bond acceptors (Lipinski definition) is 4. The van der Waals surface area contributed by atoms with Crippen LogP contribution in [0.5, 0.6) is 0 Å². The third-order valence-corrected chi connectivity index (χ3v) is 3.88. The first-order chi connectivity index (χ1) is 9.61. The van der Waals surface area contributed by atoms with Gasteiger partial charge >= 0.3 is 6.09 Å². The fraction of sp³-hybridized carbons (Fsp3) is 0.462. The number of carbonyl (C=O) groups is 1. The molecule has 1 saturated heterocycles. The topological polar surface area (TPSA) is 64.8 Å². The Kier molecular flexibility index (Phi) is 5.48. The largest absolute Gasteiger partial charge is 0.434 e. The molecular weight excluding hydrogens is 303 g/mol. The molecule has 110 valence electrons. The predicted octanol–water partition coefficient (Wildman–Crippen LogP) is 2.46. The zero-order valence-electron chi connectivity index (χ0n) is 10.9. The minimum Gasteiger partial charge on any atom is -0.434 e. The quantitative estimate of drug-likeness (QED) is 0.851. The van der Waals surface area contributed by atoms with Gasteiger partial charge in [0.15, 0.2) is 0 Å². The third-order valence-electron chi connectivity index (χ3n) is 3.15. The molecule has 1 aliphatic heterocycles. The second kappa shape index (κ2) is 7.13. The molecule has 5 nitrogen and oxygen atoms in total. The monoisotopic (exact) mass is 318 g/mol. The van der Waals surface area contributed by atoms with E-state index in [4.69, 9.17) is 38.4 Å². The lowest BCUT2D eigenvalue weighted by Gasteiger charge is -2.23. The van der Waals surface area contributed by atoms with E-state index in [1.807, 2.05) is 6.07 Å². The number of rotatable bonds is 2. The van der Waals surface area contributed by atoms with Crippen LogP contribution in [-0.4, -0.2) is 44.0 Å². The average molecular weight is 319 g/mol. The molecule has 7 heteroatoms. The maximum Gasteiger partial charge on any atom is 0.411 e. The van der Waals surface area contributed by atoms with Crippen LogP contribution in [0.4, 0.5) is 4.79 Å². The van der Waals surface area contributed by atoms with Gasteiger partial charge in [-0.05, 0) is 17.7 Å². The maximum absolute atomic E-state index is 11.8. The summed E-state index contributed by atoms with van der Waals surface area (Å²) in [6.45, 7) is 1.84. The molecule has 1 heterocycles. The summed E-state index contributed by atoms with van der Waals surface area (Å²) in [7, 11) is 0. The Balaban J connectivity index is 2.13. The highest BCUT2D eigenvalue weighted by Gasteiger charge is 2.24. The minimum atomic E-state index is -0.428. The fourth-order valence-electron chi connectivity index (χ4n) is 2.11. The Labute approximate surface area is 127 Å². The standard InChI is InChI=1S/C13H16Cl2N2O3/c14-11-2-1-9(5-12(11)15)10-6-17(3-4-19-7-10)13(18)20-8-16/h1-2,5,10H,3-4,6-8,16H2. The van der Waals surface area contributed by atoms with E-state index in [1.165, 1.54) is 0 Å². The Bertz CT molecular complexity index is 485. The van der Waals surface area contributed by atoms with Gasteiger partial charge in [-0.3, -0.25) is 5.73 Å². The highest BCUT2D eigenvalue weighted by atomic mass is 35.5. The normalized spacial score (nSPS) is 19.6. The number of hydrogen-bond donors (Lipinski definition) is 1. The summed E-state index contributed by atoms with van der Waals surface area (Å²) < 4.78 is 10.4. The predicted molar refractivity (Wildman–Crippen MR) is 77.1 cm³/mol. The molecule has 1 aromatic carbocycles. The van der Waals surface area contributed by atoms with E-state index >= 15 is 0 Å². The summed E-state index contributed by atoms with van der Waals surface area (Å²) in [5.41, 5.74) is 6.20. The zero-order chi connectivity index (χ0) is 14.5. The number of nitrogens with zero attached hydrogens (tertiary/aromatic N) is 1. The molecule has 0 saturated carbocycles. The first-order valence-electron chi connectivity index (χ1n) is 6.26. The molecular formula is C13H16Cl2N2O3. The van der Waals surface area contributed by atoms with Gasteiger partial charge in [-0.15, -0.1) is 0 Å². The van der Waals surface area contributed by atoms with Gasteiger partial charge in [-0.25, -0.2) is 4.79 Å². The molecule has 1 amide bonds. The van der Waals surface area contributed by atoms with Gasteiger partial charge in [0.1, 0.15) is 6.73 Å². The van der Waals surface area contributed by atoms with Crippen molar-refractivity contribution in [1.82, 2.24) is 4.90 Å². The van der Waals surface area contributed by atoms with Crippen LogP contribution < -0.4 is 5.73 Å². The molecule has 0 spiro atoms. The second-order valence-electron chi connectivity index (χ2n) is 4.47. The fourth-order valence-corrected chi connectivity index (χ4v) is 2.41.